The number of benzene rings is 7. The molecule has 0 aliphatic heterocycles. The molecule has 0 fully saturated rings. The topological polar surface area (TPSA) is 332 Å². The smallest absolute Gasteiger partial charge is 0.334 e. The van der Waals surface area contributed by atoms with Crippen LogP contribution in [0.25, 0.3) is 0 Å². The maximum absolute atomic E-state index is 12.9. The van der Waals surface area contributed by atoms with Crippen molar-refractivity contribution in [3.05, 3.63) is 235 Å². The Morgan fingerprint density at radius 1 is 0.472 bits per heavy atom. The van der Waals surface area contributed by atoms with Crippen LogP contribution in [0.5, 0.6) is 11.5 Å². The molecule has 0 unspecified atom stereocenters. The summed E-state index contributed by atoms with van der Waals surface area (Å²) in [5, 5.41) is 38.8. The summed E-state index contributed by atoms with van der Waals surface area (Å²) in [6.45, 7) is 30.1. The molecular formula is C83H110BrCl4N5O15. The van der Waals surface area contributed by atoms with Crippen LogP contribution in [0, 0.1) is 0 Å². The number of aliphatic hydroxyl groups is 2. The number of carboxylic acid groups (broad SMARTS) is 1. The van der Waals surface area contributed by atoms with Crippen LogP contribution in [0.1, 0.15) is 173 Å². The minimum atomic E-state index is -1.27. The van der Waals surface area contributed by atoms with Crippen molar-refractivity contribution in [3.8, 4) is 11.5 Å². The number of aliphatic hydroxyl groups excluding tert-OH is 2. The molecule has 20 nitrogen and oxygen atoms in total. The number of ether oxygens (including phenoxy) is 5. The normalized spacial score (nSPS) is 13.3. The van der Waals surface area contributed by atoms with Gasteiger partial charge in [0.1, 0.15) is 63.4 Å². The van der Waals surface area contributed by atoms with E-state index in [2.05, 4.69) is 25.9 Å². The maximum atomic E-state index is 12.9. The first kappa shape index (κ1) is 99.9. The minimum Gasteiger partial charge on any atom is -0.508 e. The van der Waals surface area contributed by atoms with E-state index >= 15 is 0 Å². The molecule has 0 aliphatic rings. The zero-order chi connectivity index (χ0) is 81.7. The van der Waals surface area contributed by atoms with E-state index in [0.717, 1.165) is 56.3 Å². The van der Waals surface area contributed by atoms with Crippen molar-refractivity contribution in [2.45, 2.75) is 207 Å². The average Bonchev–Trinajstić information content (AvgIpc) is 0.830. The molecule has 0 saturated carbocycles. The maximum Gasteiger partial charge on any atom is 0.334 e. The Hall–Kier alpha value is -8.06. The first-order valence-electron chi connectivity index (χ1n) is 34.1. The fourth-order valence-corrected chi connectivity index (χ4v) is 8.85. The number of aldehydes is 1. The molecule has 108 heavy (non-hydrogen) atoms. The number of hydrogen-bond donors (Lipinski definition) is 7. The van der Waals surface area contributed by atoms with Gasteiger partial charge in [-0.05, 0) is 223 Å². The van der Waals surface area contributed by atoms with Crippen molar-refractivity contribution in [1.82, 2.24) is 0 Å². The van der Waals surface area contributed by atoms with Crippen LogP contribution in [-0.2, 0) is 80.7 Å². The molecule has 10 N–H and O–H groups in total. The van der Waals surface area contributed by atoms with E-state index in [0.29, 0.717) is 33.5 Å². The molecule has 592 valence electrons. The van der Waals surface area contributed by atoms with Gasteiger partial charge in [-0.25, -0.2) is 9.59 Å². The molecule has 5 atom stereocenters. The number of phenols is 1. The monoisotopic (exact) mass is 1640 g/mol. The summed E-state index contributed by atoms with van der Waals surface area (Å²) >= 11 is 20.6. The Morgan fingerprint density at radius 3 is 1.15 bits per heavy atom. The molecule has 0 heterocycles. The van der Waals surface area contributed by atoms with Gasteiger partial charge in [-0.2, -0.15) is 0 Å². The lowest BCUT2D eigenvalue weighted by Crippen LogP contribution is -2.50. The number of alkyl halides is 1. The van der Waals surface area contributed by atoms with Crippen molar-refractivity contribution in [2.75, 3.05) is 7.11 Å². The van der Waals surface area contributed by atoms with Crippen molar-refractivity contribution in [2.24, 2.45) is 27.2 Å². The Balaban J connectivity index is 0.00000128. The number of aliphatic carboxylic acids is 1. The lowest BCUT2D eigenvalue weighted by atomic mass is 9.92. The number of nitrogens with zero attached hydrogens (tertiary/aromatic N) is 2. The minimum absolute atomic E-state index is 0. The summed E-state index contributed by atoms with van der Waals surface area (Å²) in [7, 11) is 1.67. The second kappa shape index (κ2) is 47.8. The van der Waals surface area contributed by atoms with E-state index in [9.17, 15) is 33.9 Å². The van der Waals surface area contributed by atoms with Gasteiger partial charge in [0.2, 0.25) is 0 Å². The molecule has 7 rings (SSSR count). The number of aromatic hydroxyl groups is 1. The quantitative estimate of drug-likeness (QED) is 0.0123. The van der Waals surface area contributed by atoms with E-state index in [1.54, 1.807) is 108 Å². The van der Waals surface area contributed by atoms with Crippen molar-refractivity contribution < 1.29 is 72.9 Å². The summed E-state index contributed by atoms with van der Waals surface area (Å²) in [6.07, 6.45) is 5.12. The third-order valence-electron chi connectivity index (χ3n) is 13.8. The molecule has 0 radical (unpaired) electrons. The number of halogens is 5. The van der Waals surface area contributed by atoms with Gasteiger partial charge in [0.25, 0.3) is 0 Å². The fourth-order valence-electron chi connectivity index (χ4n) is 8.10. The van der Waals surface area contributed by atoms with E-state index in [1.807, 2.05) is 180 Å². The Morgan fingerprint density at radius 2 is 0.806 bits per heavy atom. The average molecular weight is 1640 g/mol. The van der Waals surface area contributed by atoms with E-state index < -0.39 is 63.0 Å². The highest BCUT2D eigenvalue weighted by molar-refractivity contribution is 9.08. The lowest BCUT2D eigenvalue weighted by molar-refractivity contribution is -0.161. The zero-order valence-corrected chi connectivity index (χ0v) is 69.8. The molecule has 0 saturated heterocycles. The van der Waals surface area contributed by atoms with Gasteiger partial charge in [-0.15, -0.1) is 12.4 Å². The SMILES string of the molecule is CC(C)(C)OC(=O)[C@@](C)(N)Cc1ccc(CO)cc1.CC(C)(C)OC(=O)[C@](C)(Cc1ccc(CO)cc1)N=Cc1ccc(Cl)cc1.COc1ccc(CBr)cc1.C[C@H](N)C(=O)OC(C)(C)C.C[C@H](N=Cc1ccc(Cl)cc1)C(=O)OC(C)(C)C.C[C@](N)(Cc1ccc(O)cc1)C(=O)O.Cl.O=Cc1ccc(Cl)cc1. The summed E-state index contributed by atoms with van der Waals surface area (Å²) in [4.78, 5) is 76.9. The van der Waals surface area contributed by atoms with Crippen molar-refractivity contribution in [3.63, 3.8) is 0 Å². The molecule has 0 aliphatic carbocycles. The highest BCUT2D eigenvalue weighted by Crippen LogP contribution is 2.25. The third kappa shape index (κ3) is 44.4. The summed E-state index contributed by atoms with van der Waals surface area (Å²) in [5.41, 5.74) is 19.4. The number of carbonyl (C=O) groups excluding carboxylic acids is 5. The fraction of sp³-hybridized carbons (Fsp3) is 0.398. The van der Waals surface area contributed by atoms with Gasteiger partial charge in [0.05, 0.1) is 20.3 Å². The molecule has 7 aromatic carbocycles. The van der Waals surface area contributed by atoms with E-state index in [-0.39, 0.29) is 55.7 Å². The number of methoxy groups -OCH3 is 1. The standard InChI is InChI=1S/C22H26ClNO3.C15H23NO3.C14H18ClNO2.C10H13NO3.C8H9BrO.C7H5ClO.C7H15NO2.ClH/c1-21(2,3)27-20(26)22(4,13-16-5-7-18(15-25)8-6-16)24-14-17-9-11-19(23)12-10-17;1-14(2,3)19-13(18)15(4,16)9-11-5-7-12(10-17)8-6-11;1-10(13(17)18-14(2,3)4)16-9-11-5-7-12(15)8-6-11;1-10(11,9(13)14)6-7-2-4-8(12)5-3-7;1-10-8-4-2-7(6-9)3-5-8;8-7-3-1-6(5-9)2-4-7;1-5(8)6(9)10-7(2,3)4;/h5-12,14,25H,13,15H2,1-4H3;5-8,17H,9-10,16H2,1-4H3;5-10H,1-4H3;2-5,12H,6,11H2,1H3,(H,13,14);2-5H,6H2,1H3;1-5H;5H,8H2,1-4H3;1H/t22-;15-;2*10-;;;5-;/m0000..0./s1. The van der Waals surface area contributed by atoms with Crippen LogP contribution >= 0.6 is 63.1 Å². The van der Waals surface area contributed by atoms with E-state index in [4.69, 9.17) is 91.0 Å². The molecule has 25 heteroatoms. The van der Waals surface area contributed by atoms with Gasteiger partial charge in [-0.1, -0.05) is 160 Å². The van der Waals surface area contributed by atoms with Crippen LogP contribution in [-0.4, -0.2) is 127 Å². The first-order chi connectivity index (χ1) is 49.5. The predicted octanol–water partition coefficient (Wildman–Crippen LogP) is 16.4. The molecule has 7 aromatic rings. The van der Waals surface area contributed by atoms with Gasteiger partial charge in [0.15, 0.2) is 5.54 Å². The van der Waals surface area contributed by atoms with Crippen LogP contribution in [0.4, 0.5) is 0 Å². The van der Waals surface area contributed by atoms with Gasteiger partial charge >= 0.3 is 29.8 Å². The third-order valence-corrected chi connectivity index (χ3v) is 15.2. The van der Waals surface area contributed by atoms with Crippen LogP contribution in [0.2, 0.25) is 15.1 Å². The second-order valence-electron chi connectivity index (χ2n) is 29.4. The predicted molar refractivity (Wildman–Crippen MR) is 439 cm³/mol. The number of aliphatic imine (C=N–C) groups is 2. The van der Waals surface area contributed by atoms with Crippen molar-refractivity contribution >= 4 is 112 Å². The highest BCUT2D eigenvalue weighted by atomic mass is 79.9. The Kier molecular flexibility index (Phi) is 44.2. The molecule has 0 amide bonds. The van der Waals surface area contributed by atoms with Crippen LogP contribution < -0.4 is 21.9 Å². The Bertz CT molecular complexity index is 3850. The zero-order valence-electron chi connectivity index (χ0n) is 65.1. The molecule has 0 spiro atoms. The number of carbonyl (C=O) groups is 6. The second-order valence-corrected chi connectivity index (χ2v) is 31.3. The van der Waals surface area contributed by atoms with Gasteiger partial charge < -0.3 is 61.3 Å². The number of rotatable bonds is 20. The van der Waals surface area contributed by atoms with Crippen molar-refractivity contribution in [1.29, 1.82) is 0 Å². The summed E-state index contributed by atoms with van der Waals surface area (Å²) in [5.74, 6) is -1.45. The van der Waals surface area contributed by atoms with Gasteiger partial charge in [0, 0.05) is 57.7 Å². The van der Waals surface area contributed by atoms with E-state index in [1.165, 1.54) is 24.6 Å². The first-order valence-corrected chi connectivity index (χ1v) is 36.4. The number of nitrogens with two attached hydrogens (primary N) is 3. The summed E-state index contributed by atoms with van der Waals surface area (Å²) < 4.78 is 26.1. The molecule has 0 aromatic heterocycles. The Labute approximate surface area is 667 Å². The lowest BCUT2D eigenvalue weighted by Gasteiger charge is -2.28. The highest BCUT2D eigenvalue weighted by Gasteiger charge is 2.37. The number of carboxylic acids is 1. The summed E-state index contributed by atoms with van der Waals surface area (Å²) in [6, 6.07) is 49.3. The molecular weight excluding hydrogens is 1530 g/mol. The van der Waals surface area contributed by atoms with Gasteiger partial charge in [-0.3, -0.25) is 29.2 Å². The number of esters is 4. The van der Waals surface area contributed by atoms with Crippen LogP contribution in [0.3, 0.4) is 0 Å². The largest absolute Gasteiger partial charge is 0.508 e. The molecule has 0 bridgehead atoms. The number of phenolic OH excluding ortho intramolecular Hbond substituents is 1. The van der Waals surface area contributed by atoms with Crippen LogP contribution in [0.15, 0.2) is 180 Å². The number of hydrogen-bond acceptors (Lipinski definition) is 19.